The second-order valence-electron chi connectivity index (χ2n) is 24.2. The number of fused-ring (bicyclic) bond motifs is 3. The summed E-state index contributed by atoms with van der Waals surface area (Å²) in [5.74, 6) is 0. The van der Waals surface area contributed by atoms with Crippen molar-refractivity contribution < 1.29 is 0 Å². The van der Waals surface area contributed by atoms with Crippen LogP contribution in [-0.4, -0.2) is 0 Å². The molecule has 0 bridgehead atoms. The second kappa shape index (κ2) is 20.7. The Kier molecular flexibility index (Phi) is 13.1. The largest absolute Gasteiger partial charge is 0.0714 e. The predicted molar refractivity (Wildman–Crippen MR) is 345 cm³/mol. The predicted octanol–water partition coefficient (Wildman–Crippen LogP) is 22.0. The van der Waals surface area contributed by atoms with Gasteiger partial charge in [0.25, 0.3) is 0 Å². The van der Waals surface area contributed by atoms with Gasteiger partial charge in [-0.25, -0.2) is 0 Å². The molecule has 0 fully saturated rings. The minimum Gasteiger partial charge on any atom is -0.0622 e. The monoisotopic (exact) mass is 1040 g/mol. The average molecular weight is 1040 g/mol. The lowest BCUT2D eigenvalue weighted by atomic mass is 9.65. The third-order valence-electron chi connectivity index (χ3n) is 16.8. The van der Waals surface area contributed by atoms with Gasteiger partial charge in [0.2, 0.25) is 0 Å². The van der Waals surface area contributed by atoms with Crippen LogP contribution in [0, 0.1) is 0 Å². The summed E-state index contributed by atoms with van der Waals surface area (Å²) in [4.78, 5) is 0. The minimum atomic E-state index is -0.669. The van der Waals surface area contributed by atoms with Crippen molar-refractivity contribution in [3.8, 4) is 100 Å². The standard InChI is InChI=1S/C81H66/c1-79(2,3)71-39-41-75-76-42-40-72(80(4,5)6)54-78(76)81(77(75)53-71,73-37-21-35-63(51-73)59-31-19-33-61(43-59)69-47-65(55-23-11-7-12-24-55)45-66(48-69)56-25-13-8-14-26-56)74-38-22-36-64(52-74)60-32-20-34-62(44-60)70-49-67(57-27-15-9-16-28-57)46-68(50-70)58-29-17-10-18-30-58/h7-54H,1-6H3. The summed E-state index contributed by atoms with van der Waals surface area (Å²) in [5.41, 5.74) is 28.6. The van der Waals surface area contributed by atoms with Gasteiger partial charge in [-0.05, 0) is 205 Å². The van der Waals surface area contributed by atoms with Gasteiger partial charge in [0.1, 0.15) is 0 Å². The van der Waals surface area contributed by atoms with Crippen molar-refractivity contribution in [3.05, 3.63) is 325 Å². The summed E-state index contributed by atoms with van der Waals surface area (Å²) in [6.07, 6.45) is 0. The Labute approximate surface area is 479 Å². The zero-order valence-corrected chi connectivity index (χ0v) is 47.2. The molecule has 12 aromatic rings. The molecule has 81 heavy (non-hydrogen) atoms. The first kappa shape index (κ1) is 51.1. The van der Waals surface area contributed by atoms with Crippen LogP contribution in [0.15, 0.2) is 291 Å². The van der Waals surface area contributed by atoms with E-state index >= 15 is 0 Å². The average Bonchev–Trinajstić information content (AvgIpc) is 2.70. The van der Waals surface area contributed by atoms with Crippen LogP contribution in [0.25, 0.3) is 100 Å². The fraction of sp³-hybridized carbons (Fsp3) is 0.111. The molecule has 0 spiro atoms. The van der Waals surface area contributed by atoms with E-state index in [-0.39, 0.29) is 10.8 Å². The zero-order valence-electron chi connectivity index (χ0n) is 47.2. The van der Waals surface area contributed by atoms with Crippen molar-refractivity contribution >= 4 is 0 Å². The summed E-state index contributed by atoms with van der Waals surface area (Å²) < 4.78 is 0. The molecule has 0 atom stereocenters. The van der Waals surface area contributed by atoms with Crippen molar-refractivity contribution in [1.29, 1.82) is 0 Å². The normalized spacial score (nSPS) is 12.7. The Morgan fingerprint density at radius 2 is 0.432 bits per heavy atom. The third kappa shape index (κ3) is 9.76. The maximum Gasteiger partial charge on any atom is 0.0714 e. The van der Waals surface area contributed by atoms with E-state index in [9.17, 15) is 0 Å². The quantitative estimate of drug-likeness (QED) is 0.128. The van der Waals surface area contributed by atoms with E-state index in [2.05, 4.69) is 333 Å². The zero-order chi connectivity index (χ0) is 55.3. The second-order valence-corrected chi connectivity index (χ2v) is 24.2. The maximum atomic E-state index is 2.54. The first-order chi connectivity index (χ1) is 39.4. The number of hydrogen-bond donors (Lipinski definition) is 0. The van der Waals surface area contributed by atoms with Crippen molar-refractivity contribution in [2.24, 2.45) is 0 Å². The summed E-state index contributed by atoms with van der Waals surface area (Å²) in [6, 6.07) is 109. The lowest BCUT2D eigenvalue weighted by Gasteiger charge is -2.36. The molecule has 0 unspecified atom stereocenters. The van der Waals surface area contributed by atoms with Crippen LogP contribution >= 0.6 is 0 Å². The van der Waals surface area contributed by atoms with Crippen LogP contribution in [0.4, 0.5) is 0 Å². The van der Waals surface area contributed by atoms with Crippen LogP contribution < -0.4 is 0 Å². The molecule has 1 aliphatic carbocycles. The highest BCUT2D eigenvalue weighted by Gasteiger charge is 2.47. The molecule has 1 aliphatic rings. The molecule has 0 radical (unpaired) electrons. The van der Waals surface area contributed by atoms with E-state index in [0.29, 0.717) is 0 Å². The molecule has 0 amide bonds. The Morgan fingerprint density at radius 1 is 0.198 bits per heavy atom. The Balaban J connectivity index is 0.995. The van der Waals surface area contributed by atoms with E-state index < -0.39 is 5.41 Å². The first-order valence-electron chi connectivity index (χ1n) is 28.6. The van der Waals surface area contributed by atoms with Gasteiger partial charge in [0, 0.05) is 0 Å². The highest BCUT2D eigenvalue weighted by Crippen LogP contribution is 2.58. The van der Waals surface area contributed by atoms with Crippen molar-refractivity contribution in [3.63, 3.8) is 0 Å². The molecule has 0 heterocycles. The van der Waals surface area contributed by atoms with Crippen molar-refractivity contribution in [2.75, 3.05) is 0 Å². The van der Waals surface area contributed by atoms with E-state index in [4.69, 9.17) is 0 Å². The van der Waals surface area contributed by atoms with Gasteiger partial charge in [-0.1, -0.05) is 272 Å². The lowest BCUT2D eigenvalue weighted by molar-refractivity contribution is 0.586. The summed E-state index contributed by atoms with van der Waals surface area (Å²) in [7, 11) is 0. The Morgan fingerprint density at radius 3 is 0.728 bits per heavy atom. The highest BCUT2D eigenvalue weighted by atomic mass is 14.5. The molecule has 0 aromatic heterocycles. The third-order valence-corrected chi connectivity index (χ3v) is 16.8. The topological polar surface area (TPSA) is 0 Å². The minimum absolute atomic E-state index is 0.0763. The molecule has 0 aliphatic heterocycles. The molecular formula is C81H66. The van der Waals surface area contributed by atoms with Crippen molar-refractivity contribution in [1.82, 2.24) is 0 Å². The number of rotatable bonds is 10. The number of benzene rings is 12. The molecule has 0 heteroatoms. The molecule has 0 saturated heterocycles. The molecule has 0 N–H and O–H groups in total. The maximum absolute atomic E-state index is 2.54. The summed E-state index contributed by atoms with van der Waals surface area (Å²) in [6.45, 7) is 14.0. The molecule has 12 aromatic carbocycles. The smallest absolute Gasteiger partial charge is 0.0622 e. The van der Waals surface area contributed by atoms with Crippen LogP contribution in [0.1, 0.15) is 74.9 Å². The summed E-state index contributed by atoms with van der Waals surface area (Å²) >= 11 is 0. The van der Waals surface area contributed by atoms with E-state index in [1.807, 2.05) is 0 Å². The van der Waals surface area contributed by atoms with Crippen LogP contribution in [-0.2, 0) is 16.2 Å². The van der Waals surface area contributed by atoms with Crippen molar-refractivity contribution in [2.45, 2.75) is 57.8 Å². The Hall–Kier alpha value is -9.36. The van der Waals surface area contributed by atoms with Gasteiger partial charge >= 0.3 is 0 Å². The lowest BCUT2D eigenvalue weighted by Crippen LogP contribution is -2.30. The Bertz CT molecular complexity index is 3870. The molecule has 13 rings (SSSR count). The van der Waals surface area contributed by atoms with Gasteiger partial charge < -0.3 is 0 Å². The summed E-state index contributed by atoms with van der Waals surface area (Å²) in [5, 5.41) is 0. The van der Waals surface area contributed by atoms with E-state index in [1.165, 1.54) is 134 Å². The fourth-order valence-electron chi connectivity index (χ4n) is 12.4. The molecule has 0 saturated carbocycles. The van der Waals surface area contributed by atoms with Gasteiger partial charge in [-0.2, -0.15) is 0 Å². The van der Waals surface area contributed by atoms with E-state index in [1.54, 1.807) is 0 Å². The number of hydrogen-bond acceptors (Lipinski definition) is 0. The fourth-order valence-corrected chi connectivity index (χ4v) is 12.4. The van der Waals surface area contributed by atoms with Gasteiger partial charge in [0.05, 0.1) is 5.41 Å². The highest BCUT2D eigenvalue weighted by molar-refractivity contribution is 5.90. The first-order valence-corrected chi connectivity index (χ1v) is 28.6. The van der Waals surface area contributed by atoms with Crippen LogP contribution in [0.2, 0.25) is 0 Å². The molecule has 0 nitrogen and oxygen atoms in total. The van der Waals surface area contributed by atoms with Crippen LogP contribution in [0.3, 0.4) is 0 Å². The van der Waals surface area contributed by atoms with Crippen LogP contribution in [0.5, 0.6) is 0 Å². The molecule has 390 valence electrons. The van der Waals surface area contributed by atoms with Gasteiger partial charge in [-0.3, -0.25) is 0 Å². The van der Waals surface area contributed by atoms with E-state index in [0.717, 1.165) is 0 Å². The SMILES string of the molecule is CC(C)(C)c1ccc2c(c1)C(c1cccc(-c3cccc(-c4cc(-c5ccccc5)cc(-c5ccccc5)c4)c3)c1)(c1cccc(-c3cccc(-c4cc(-c5ccccc5)cc(-c5ccccc5)c4)c3)c1)c1cc(C(C)(C)C)ccc1-2. The molecular weight excluding hydrogens is 973 g/mol. The van der Waals surface area contributed by atoms with Gasteiger partial charge in [0.15, 0.2) is 0 Å². The van der Waals surface area contributed by atoms with Gasteiger partial charge in [-0.15, -0.1) is 0 Å².